The minimum Gasteiger partial charge on any atom is -0.382 e. The lowest BCUT2D eigenvalue weighted by atomic mass is 10.5. The number of methoxy groups -OCH3 is 1. The molecule has 3 nitrogen and oxygen atoms in total. The van der Waals surface area contributed by atoms with Crippen molar-refractivity contribution in [1.29, 1.82) is 0 Å². The summed E-state index contributed by atoms with van der Waals surface area (Å²) >= 11 is 0. The van der Waals surface area contributed by atoms with Crippen molar-refractivity contribution in [3.8, 4) is 0 Å². The van der Waals surface area contributed by atoms with E-state index in [9.17, 15) is 0 Å². The highest BCUT2D eigenvalue weighted by Crippen LogP contribution is 1.95. The van der Waals surface area contributed by atoms with Gasteiger partial charge in [0.25, 0.3) is 0 Å². The maximum atomic E-state index is 5.41. The van der Waals surface area contributed by atoms with Crippen LogP contribution in [0.1, 0.15) is 12.8 Å². The molecule has 4 heteroatoms. The number of nitrogens with two attached hydrogens (primary N) is 1. The predicted molar refractivity (Wildman–Crippen MR) is 59.1 cm³/mol. The Morgan fingerprint density at radius 1 is 1.08 bits per heavy atom. The number of rotatable bonds is 10. The molecular formula is C9H23NO2Si. The van der Waals surface area contributed by atoms with Crippen LogP contribution in [0.15, 0.2) is 0 Å². The van der Waals surface area contributed by atoms with Crippen LogP contribution in [-0.4, -0.2) is 43.0 Å². The van der Waals surface area contributed by atoms with Crippen LogP contribution in [0.4, 0.5) is 0 Å². The van der Waals surface area contributed by atoms with Gasteiger partial charge in [-0.05, 0) is 19.4 Å². The molecule has 0 aliphatic rings. The minimum atomic E-state index is 0.170. The van der Waals surface area contributed by atoms with Crippen LogP contribution < -0.4 is 5.73 Å². The van der Waals surface area contributed by atoms with Crippen LogP contribution in [0.2, 0.25) is 12.1 Å². The molecule has 0 bridgehead atoms. The van der Waals surface area contributed by atoms with Gasteiger partial charge in [-0.3, -0.25) is 0 Å². The van der Waals surface area contributed by atoms with Crippen molar-refractivity contribution < 1.29 is 9.47 Å². The standard InChI is InChI=1S/C9H23NO2Si/c1-11-6-7-12-5-3-9-13-8-2-4-10/h2-10,13H2,1H3. The quantitative estimate of drug-likeness (QED) is 0.414. The molecule has 2 N–H and O–H groups in total. The Morgan fingerprint density at radius 2 is 1.85 bits per heavy atom. The summed E-state index contributed by atoms with van der Waals surface area (Å²) in [6.45, 7) is 3.21. The summed E-state index contributed by atoms with van der Waals surface area (Å²) < 4.78 is 10.2. The van der Waals surface area contributed by atoms with E-state index in [1.807, 2.05) is 0 Å². The summed E-state index contributed by atoms with van der Waals surface area (Å²) in [6.07, 6.45) is 2.44. The average Bonchev–Trinajstić information content (AvgIpc) is 2.16. The van der Waals surface area contributed by atoms with Crippen molar-refractivity contribution in [3.05, 3.63) is 0 Å². The highest BCUT2D eigenvalue weighted by molar-refractivity contribution is 6.35. The highest BCUT2D eigenvalue weighted by atomic mass is 28.2. The molecule has 0 unspecified atom stereocenters. The molecule has 0 saturated heterocycles. The van der Waals surface area contributed by atoms with Crippen LogP contribution in [0, 0.1) is 0 Å². The SMILES string of the molecule is COCCOCCC[SiH2]CCCN. The van der Waals surface area contributed by atoms with Crippen molar-refractivity contribution in [2.45, 2.75) is 24.9 Å². The van der Waals surface area contributed by atoms with Crippen LogP contribution in [-0.2, 0) is 9.47 Å². The zero-order valence-corrected chi connectivity index (χ0v) is 10.2. The third-order valence-electron chi connectivity index (χ3n) is 1.92. The Labute approximate surface area is 83.8 Å². The smallest absolute Gasteiger partial charge is 0.0700 e. The molecule has 0 saturated carbocycles. The van der Waals surface area contributed by atoms with Crippen molar-refractivity contribution >= 4 is 9.52 Å². The third-order valence-corrected chi connectivity index (χ3v) is 3.92. The summed E-state index contributed by atoms with van der Waals surface area (Å²) in [5.41, 5.74) is 5.41. The maximum absolute atomic E-state index is 5.41. The van der Waals surface area contributed by atoms with E-state index in [-0.39, 0.29) is 9.52 Å². The van der Waals surface area contributed by atoms with Gasteiger partial charge in [0.15, 0.2) is 0 Å². The Bertz CT molecular complexity index is 83.7. The Kier molecular flexibility index (Phi) is 12.2. The van der Waals surface area contributed by atoms with Crippen LogP contribution >= 0.6 is 0 Å². The van der Waals surface area contributed by atoms with Gasteiger partial charge in [0, 0.05) is 23.2 Å². The Balaban J connectivity index is 2.76. The third kappa shape index (κ3) is 12.1. The molecular weight excluding hydrogens is 182 g/mol. The number of hydrogen-bond acceptors (Lipinski definition) is 3. The van der Waals surface area contributed by atoms with Gasteiger partial charge in [0.05, 0.1) is 13.2 Å². The summed E-state index contributed by atoms with van der Waals surface area (Å²) in [6, 6.07) is 2.79. The fourth-order valence-corrected chi connectivity index (χ4v) is 2.68. The first-order valence-electron chi connectivity index (χ1n) is 5.18. The zero-order chi connectivity index (χ0) is 9.78. The molecule has 80 valence electrons. The topological polar surface area (TPSA) is 44.5 Å². The van der Waals surface area contributed by atoms with Gasteiger partial charge in [0.1, 0.15) is 0 Å². The lowest BCUT2D eigenvalue weighted by Crippen LogP contribution is -2.04. The molecule has 0 aromatic heterocycles. The normalized spacial score (nSPS) is 11.5. The molecule has 0 heterocycles. The summed E-state index contributed by atoms with van der Waals surface area (Å²) in [5.74, 6) is 0. The number of hydrogen-bond donors (Lipinski definition) is 1. The molecule has 0 aromatic carbocycles. The van der Waals surface area contributed by atoms with Crippen molar-refractivity contribution in [3.63, 3.8) is 0 Å². The van der Waals surface area contributed by atoms with Crippen molar-refractivity contribution in [2.24, 2.45) is 5.73 Å². The highest BCUT2D eigenvalue weighted by Gasteiger charge is 1.91. The lowest BCUT2D eigenvalue weighted by Gasteiger charge is -2.02. The Morgan fingerprint density at radius 3 is 2.54 bits per heavy atom. The van der Waals surface area contributed by atoms with E-state index in [1.165, 1.54) is 24.9 Å². The molecule has 0 atom stereocenters. The van der Waals surface area contributed by atoms with Gasteiger partial charge in [-0.1, -0.05) is 12.1 Å². The first-order valence-corrected chi connectivity index (χ1v) is 7.18. The van der Waals surface area contributed by atoms with E-state index in [1.54, 1.807) is 7.11 Å². The van der Waals surface area contributed by atoms with E-state index in [0.717, 1.165) is 19.8 Å². The first kappa shape index (κ1) is 13.1. The fraction of sp³-hybridized carbons (Fsp3) is 1.00. The predicted octanol–water partition coefficient (Wildman–Crippen LogP) is 0.394. The number of ether oxygens (including phenoxy) is 2. The maximum Gasteiger partial charge on any atom is 0.0700 e. The van der Waals surface area contributed by atoms with E-state index in [4.69, 9.17) is 15.2 Å². The van der Waals surface area contributed by atoms with Crippen molar-refractivity contribution in [1.82, 2.24) is 0 Å². The second-order valence-corrected chi connectivity index (χ2v) is 5.28. The molecule has 13 heavy (non-hydrogen) atoms. The molecule has 0 spiro atoms. The molecule has 0 radical (unpaired) electrons. The van der Waals surface area contributed by atoms with Gasteiger partial charge in [-0.2, -0.15) is 0 Å². The van der Waals surface area contributed by atoms with E-state index in [0.29, 0.717) is 6.61 Å². The van der Waals surface area contributed by atoms with E-state index < -0.39 is 0 Å². The molecule has 0 amide bonds. The molecule has 0 rings (SSSR count). The molecule has 0 aliphatic carbocycles. The van der Waals surface area contributed by atoms with Crippen molar-refractivity contribution in [2.75, 3.05) is 33.5 Å². The lowest BCUT2D eigenvalue weighted by molar-refractivity contribution is 0.0710. The monoisotopic (exact) mass is 205 g/mol. The van der Waals surface area contributed by atoms with E-state index in [2.05, 4.69) is 0 Å². The molecule has 0 aromatic rings. The minimum absolute atomic E-state index is 0.170. The van der Waals surface area contributed by atoms with E-state index >= 15 is 0 Å². The summed E-state index contributed by atoms with van der Waals surface area (Å²) in [5, 5.41) is 0. The van der Waals surface area contributed by atoms with Crippen LogP contribution in [0.25, 0.3) is 0 Å². The first-order chi connectivity index (χ1) is 6.41. The van der Waals surface area contributed by atoms with Gasteiger partial charge >= 0.3 is 0 Å². The molecule has 0 fully saturated rings. The fourth-order valence-electron chi connectivity index (χ4n) is 1.12. The Hall–Kier alpha value is 0.0969. The molecule has 0 aliphatic heterocycles. The van der Waals surface area contributed by atoms with Gasteiger partial charge in [-0.25, -0.2) is 0 Å². The van der Waals surface area contributed by atoms with Gasteiger partial charge in [-0.15, -0.1) is 0 Å². The summed E-state index contributed by atoms with van der Waals surface area (Å²) in [7, 11) is 1.87. The largest absolute Gasteiger partial charge is 0.382 e. The zero-order valence-electron chi connectivity index (χ0n) is 8.76. The average molecular weight is 205 g/mol. The summed E-state index contributed by atoms with van der Waals surface area (Å²) in [4.78, 5) is 0. The van der Waals surface area contributed by atoms with Gasteiger partial charge < -0.3 is 15.2 Å². The van der Waals surface area contributed by atoms with Gasteiger partial charge in [0.2, 0.25) is 0 Å². The second kappa shape index (κ2) is 12.1. The van der Waals surface area contributed by atoms with Crippen LogP contribution in [0.3, 0.4) is 0 Å². The second-order valence-electron chi connectivity index (χ2n) is 3.16. The van der Waals surface area contributed by atoms with Crippen LogP contribution in [0.5, 0.6) is 0 Å².